The van der Waals surface area contributed by atoms with Crippen LogP contribution in [0.4, 0.5) is 0 Å². The molecule has 5 nitrogen and oxygen atoms in total. The second kappa shape index (κ2) is 3.91. The molecule has 8 heavy (non-hydrogen) atoms. The number of hydrazone groups is 1. The number of hydrogen-bond donors (Lipinski definition) is 0. The first-order valence-corrected chi connectivity index (χ1v) is 1.86. The molecule has 0 atom stereocenters. The van der Waals surface area contributed by atoms with Crippen molar-refractivity contribution in [2.75, 3.05) is 7.05 Å². The average molecular weight is 115 g/mol. The monoisotopic (exact) mass is 115 g/mol. The van der Waals surface area contributed by atoms with Crippen molar-refractivity contribution in [3.8, 4) is 0 Å². The molecule has 0 fully saturated rings. The summed E-state index contributed by atoms with van der Waals surface area (Å²) in [7, 11) is 1.51. The Bertz CT molecular complexity index is 128. The van der Waals surface area contributed by atoms with Crippen LogP contribution in [0.3, 0.4) is 0 Å². The molecule has 0 bridgehead atoms. The second-order valence-corrected chi connectivity index (χ2v) is 0.910. The van der Waals surface area contributed by atoms with Gasteiger partial charge in [-0.15, -0.1) is 0 Å². The van der Waals surface area contributed by atoms with Gasteiger partial charge in [0.05, 0.1) is 5.10 Å². The predicted octanol–water partition coefficient (Wildman–Crippen LogP) is -0.0505. The van der Waals surface area contributed by atoms with E-state index < -0.39 is 5.03 Å². The largest absolute Gasteiger partial charge is 0.295 e. The lowest BCUT2D eigenvalue weighted by molar-refractivity contribution is -0.484. The van der Waals surface area contributed by atoms with Gasteiger partial charge in [0.25, 0.3) is 0 Å². The van der Waals surface area contributed by atoms with Gasteiger partial charge in [0.15, 0.2) is 5.03 Å². The van der Waals surface area contributed by atoms with E-state index in [1.54, 1.807) is 0 Å². The maximum atomic E-state index is 9.42. The van der Waals surface area contributed by atoms with E-state index in [0.717, 1.165) is 6.21 Å². The Morgan fingerprint density at radius 1 is 1.62 bits per heavy atom. The summed E-state index contributed by atoms with van der Waals surface area (Å²) >= 11 is 0. The summed E-state index contributed by atoms with van der Waals surface area (Å²) in [5, 5.41) is 11.4. The third-order valence-corrected chi connectivity index (χ3v) is 0.377. The lowest BCUT2D eigenvalue weighted by Gasteiger charge is -1.68. The molecule has 0 N–H and O–H groups in total. The normalized spacial score (nSPS) is 11.1. The van der Waals surface area contributed by atoms with Crippen LogP contribution in [0.5, 0.6) is 0 Å². The Morgan fingerprint density at radius 2 is 2.25 bits per heavy atom. The quantitative estimate of drug-likeness (QED) is 0.287. The van der Waals surface area contributed by atoms with E-state index in [0.29, 0.717) is 0 Å². The van der Waals surface area contributed by atoms with Gasteiger partial charge in [-0.2, -0.15) is 0 Å². The van der Waals surface area contributed by atoms with E-state index >= 15 is 0 Å². The lowest BCUT2D eigenvalue weighted by atomic mass is 10.8. The average Bonchev–Trinajstić information content (AvgIpc) is 1.66. The molecule has 0 aliphatic heterocycles. The minimum absolute atomic E-state index is 0.790. The Morgan fingerprint density at radius 3 is 2.62 bits per heavy atom. The Balaban J connectivity index is 3.50. The Kier molecular flexibility index (Phi) is 3.30. The zero-order chi connectivity index (χ0) is 6.41. The minimum atomic E-state index is -0.790. The second-order valence-electron chi connectivity index (χ2n) is 0.910. The number of rotatable bonds is 2. The number of hydrogen-bond acceptors (Lipinski definition) is 3. The first-order valence-electron chi connectivity index (χ1n) is 1.86. The highest BCUT2D eigenvalue weighted by Crippen LogP contribution is 1.62. The minimum Gasteiger partial charge on any atom is -0.295 e. The molecule has 0 aromatic heterocycles. The van der Waals surface area contributed by atoms with Crippen LogP contribution in [0.15, 0.2) is 10.1 Å². The molecule has 0 unspecified atom stereocenters. The number of nitrogens with zero attached hydrogens (tertiary/aromatic N) is 3. The Labute approximate surface area is 45.9 Å². The third-order valence-electron chi connectivity index (χ3n) is 0.377. The molecule has 0 heterocycles. The van der Waals surface area contributed by atoms with Crippen LogP contribution in [-0.4, -0.2) is 24.5 Å². The molecule has 0 aromatic carbocycles. The lowest BCUT2D eigenvalue weighted by Crippen LogP contribution is -1.85. The van der Waals surface area contributed by atoms with Gasteiger partial charge in [0.2, 0.25) is 0 Å². The highest BCUT2D eigenvalue weighted by Gasteiger charge is 1.78. The van der Waals surface area contributed by atoms with Crippen molar-refractivity contribution in [3.05, 3.63) is 10.1 Å². The van der Waals surface area contributed by atoms with Crippen molar-refractivity contribution in [1.29, 1.82) is 0 Å². The predicted molar refractivity (Wildman–Crippen MR) is 29.9 cm³/mol. The zero-order valence-electron chi connectivity index (χ0n) is 4.31. The van der Waals surface area contributed by atoms with E-state index in [-0.39, 0.29) is 0 Å². The van der Waals surface area contributed by atoms with Crippen LogP contribution >= 0.6 is 0 Å². The summed E-state index contributed by atoms with van der Waals surface area (Å²) < 4.78 is 0. The van der Waals surface area contributed by atoms with Crippen molar-refractivity contribution >= 4 is 12.4 Å². The summed E-state index contributed by atoms with van der Waals surface area (Å²) in [6, 6.07) is 0. The van der Waals surface area contributed by atoms with Crippen LogP contribution in [0.25, 0.3) is 0 Å². The van der Waals surface area contributed by atoms with Gasteiger partial charge in [-0.25, -0.2) is 10.1 Å². The molecule has 0 aromatic rings. The molecule has 0 aliphatic rings. The van der Waals surface area contributed by atoms with Gasteiger partial charge in [-0.05, 0) is 0 Å². The molecule has 0 rings (SSSR count). The Hall–Kier alpha value is -1.26. The first-order chi connectivity index (χ1) is 3.77. The first kappa shape index (κ1) is 6.74. The fourth-order valence-electron chi connectivity index (χ4n) is 0.151. The molecule has 44 valence electrons. The van der Waals surface area contributed by atoms with Gasteiger partial charge in [0, 0.05) is 13.3 Å². The molecule has 0 saturated heterocycles. The smallest absolute Gasteiger partial charge is 0.190 e. The summed E-state index contributed by atoms with van der Waals surface area (Å²) in [5.74, 6) is 0. The summed E-state index contributed by atoms with van der Waals surface area (Å²) in [5.41, 5.74) is 0. The molecule has 0 radical (unpaired) electrons. The van der Waals surface area contributed by atoms with E-state index in [2.05, 4.69) is 10.1 Å². The fraction of sp³-hybridized carbons (Fsp3) is 0.333. The van der Waals surface area contributed by atoms with Crippen molar-refractivity contribution in [1.82, 2.24) is 0 Å². The van der Waals surface area contributed by atoms with Crippen molar-refractivity contribution in [2.45, 2.75) is 0 Å². The number of aliphatic imine (C=N–C) groups is 1. The van der Waals surface area contributed by atoms with E-state index in [4.69, 9.17) is 0 Å². The van der Waals surface area contributed by atoms with Crippen molar-refractivity contribution in [2.24, 2.45) is 10.1 Å². The molecular weight excluding hydrogens is 110 g/mol. The highest BCUT2D eigenvalue weighted by atomic mass is 16.7. The van der Waals surface area contributed by atoms with Crippen LogP contribution < -0.4 is 0 Å². The summed E-state index contributed by atoms with van der Waals surface area (Å²) in [4.78, 5) is 12.8. The number of nitro groups is 1. The van der Waals surface area contributed by atoms with Crippen LogP contribution in [0, 0.1) is 10.1 Å². The SMILES string of the molecule is CN=C/C=N/[N+](=O)[O-]. The molecule has 0 saturated carbocycles. The van der Waals surface area contributed by atoms with Crippen LogP contribution in [0.1, 0.15) is 0 Å². The highest BCUT2D eigenvalue weighted by molar-refractivity contribution is 6.15. The maximum absolute atomic E-state index is 9.42. The van der Waals surface area contributed by atoms with Crippen molar-refractivity contribution < 1.29 is 5.03 Å². The van der Waals surface area contributed by atoms with E-state index in [1.807, 2.05) is 0 Å². The van der Waals surface area contributed by atoms with Gasteiger partial charge in [-0.3, -0.25) is 4.99 Å². The summed E-state index contributed by atoms with van der Waals surface area (Å²) in [6.45, 7) is 0. The molecule has 0 amide bonds. The molecule has 5 heteroatoms. The van der Waals surface area contributed by atoms with Gasteiger partial charge in [-0.1, -0.05) is 0 Å². The molecular formula is C3H5N3O2. The third kappa shape index (κ3) is 4.74. The summed E-state index contributed by atoms with van der Waals surface area (Å²) in [6.07, 6.45) is 2.25. The molecule has 0 spiro atoms. The fourth-order valence-corrected chi connectivity index (χ4v) is 0.151. The van der Waals surface area contributed by atoms with Gasteiger partial charge in [0.1, 0.15) is 6.21 Å². The van der Waals surface area contributed by atoms with Crippen LogP contribution in [-0.2, 0) is 0 Å². The van der Waals surface area contributed by atoms with Gasteiger partial charge >= 0.3 is 0 Å². The van der Waals surface area contributed by atoms with E-state index in [1.165, 1.54) is 13.3 Å². The standard InChI is InChI=1S/C3H5N3O2/c1-4-2-3-5-6(7)8/h2-3H,1H3/b4-2?,5-3+. The molecule has 0 aliphatic carbocycles. The zero-order valence-corrected chi connectivity index (χ0v) is 4.31. The van der Waals surface area contributed by atoms with Gasteiger partial charge < -0.3 is 0 Å². The van der Waals surface area contributed by atoms with E-state index in [9.17, 15) is 10.1 Å². The topological polar surface area (TPSA) is 67.9 Å². The maximum Gasteiger partial charge on any atom is 0.190 e. The van der Waals surface area contributed by atoms with Crippen molar-refractivity contribution in [3.63, 3.8) is 0 Å². The van der Waals surface area contributed by atoms with Crippen LogP contribution in [0.2, 0.25) is 0 Å².